The minimum atomic E-state index is -2.80. The van der Waals surface area contributed by atoms with E-state index in [2.05, 4.69) is 10.2 Å². The molecule has 1 aliphatic carbocycles. The summed E-state index contributed by atoms with van der Waals surface area (Å²) in [5, 5.41) is 3.68. The van der Waals surface area contributed by atoms with Gasteiger partial charge in [-0.05, 0) is 31.7 Å². The Morgan fingerprint density at radius 1 is 1.20 bits per heavy atom. The van der Waals surface area contributed by atoms with Crippen molar-refractivity contribution >= 4 is 9.84 Å². The molecule has 2 fully saturated rings. The molecule has 0 bridgehead atoms. The van der Waals surface area contributed by atoms with Gasteiger partial charge in [0.05, 0.1) is 5.75 Å². The molecule has 0 aromatic heterocycles. The van der Waals surface area contributed by atoms with Crippen molar-refractivity contribution in [1.29, 1.82) is 0 Å². The summed E-state index contributed by atoms with van der Waals surface area (Å²) in [4.78, 5) is 2.46. The van der Waals surface area contributed by atoms with Crippen molar-refractivity contribution in [3.63, 3.8) is 0 Å². The van der Waals surface area contributed by atoms with Crippen LogP contribution in [0.2, 0.25) is 0 Å². The molecule has 118 valence electrons. The van der Waals surface area contributed by atoms with Crippen molar-refractivity contribution < 1.29 is 8.42 Å². The first-order valence-corrected chi connectivity index (χ1v) is 10.1. The quantitative estimate of drug-likeness (QED) is 0.811. The summed E-state index contributed by atoms with van der Waals surface area (Å²) in [7, 11) is -2.80. The molecule has 2 aliphatic rings. The summed E-state index contributed by atoms with van der Waals surface area (Å²) < 4.78 is 23.0. The molecular formula is C15H30N2O2S. The molecule has 1 saturated carbocycles. The summed E-state index contributed by atoms with van der Waals surface area (Å²) in [6.07, 6.45) is 7.70. The molecule has 1 atom stereocenters. The smallest absolute Gasteiger partial charge is 0.150 e. The van der Waals surface area contributed by atoms with Gasteiger partial charge in [-0.25, -0.2) is 8.42 Å². The second-order valence-corrected chi connectivity index (χ2v) is 8.82. The number of hydrogen-bond acceptors (Lipinski definition) is 4. The van der Waals surface area contributed by atoms with Crippen LogP contribution in [0.1, 0.15) is 45.4 Å². The number of nitrogens with zero attached hydrogens (tertiary/aromatic N) is 1. The Balaban J connectivity index is 1.73. The van der Waals surface area contributed by atoms with E-state index >= 15 is 0 Å². The summed E-state index contributed by atoms with van der Waals surface area (Å²) >= 11 is 0. The van der Waals surface area contributed by atoms with Crippen molar-refractivity contribution in [2.75, 3.05) is 37.7 Å². The zero-order valence-corrected chi connectivity index (χ0v) is 13.6. The molecule has 2 rings (SSSR count). The fourth-order valence-electron chi connectivity index (χ4n) is 3.55. The van der Waals surface area contributed by atoms with Crippen molar-refractivity contribution in [3.05, 3.63) is 0 Å². The van der Waals surface area contributed by atoms with E-state index in [1.165, 1.54) is 32.1 Å². The second kappa shape index (κ2) is 7.76. The lowest BCUT2D eigenvalue weighted by atomic mass is 9.83. The maximum Gasteiger partial charge on any atom is 0.150 e. The van der Waals surface area contributed by atoms with Gasteiger partial charge in [-0.15, -0.1) is 0 Å². The van der Waals surface area contributed by atoms with Crippen molar-refractivity contribution in [2.45, 2.75) is 51.5 Å². The topological polar surface area (TPSA) is 49.4 Å². The SMILES string of the molecule is CCS(=O)(=O)CCCN1CCNC(C2CCCCC2)C1. The first-order chi connectivity index (χ1) is 9.61. The van der Waals surface area contributed by atoms with Crippen LogP contribution in [0.5, 0.6) is 0 Å². The molecule has 1 heterocycles. The van der Waals surface area contributed by atoms with Gasteiger partial charge in [0, 0.05) is 31.4 Å². The zero-order valence-electron chi connectivity index (χ0n) is 12.8. The van der Waals surface area contributed by atoms with Crippen LogP contribution < -0.4 is 5.32 Å². The Bertz CT molecular complexity index is 377. The standard InChI is InChI=1S/C15H30N2O2S/c1-2-20(18,19)12-6-10-17-11-9-16-15(13-17)14-7-4-3-5-8-14/h14-16H,2-13H2,1H3. The van der Waals surface area contributed by atoms with Gasteiger partial charge in [0.1, 0.15) is 9.84 Å². The molecule has 1 saturated heterocycles. The minimum absolute atomic E-state index is 0.277. The number of rotatable bonds is 6. The van der Waals surface area contributed by atoms with E-state index in [0.717, 1.165) is 38.5 Å². The Labute approximate surface area is 124 Å². The minimum Gasteiger partial charge on any atom is -0.311 e. The van der Waals surface area contributed by atoms with E-state index in [-0.39, 0.29) is 5.75 Å². The van der Waals surface area contributed by atoms with Crippen molar-refractivity contribution in [2.24, 2.45) is 5.92 Å². The number of piperazine rings is 1. The van der Waals surface area contributed by atoms with Crippen LogP contribution in [0.4, 0.5) is 0 Å². The van der Waals surface area contributed by atoms with Gasteiger partial charge >= 0.3 is 0 Å². The normalized spacial score (nSPS) is 26.8. The van der Waals surface area contributed by atoms with Crippen molar-refractivity contribution in [3.8, 4) is 0 Å². The van der Waals surface area contributed by atoms with Crippen molar-refractivity contribution in [1.82, 2.24) is 10.2 Å². The fourth-order valence-corrected chi connectivity index (χ4v) is 4.41. The third kappa shape index (κ3) is 5.01. The Hall–Kier alpha value is -0.130. The van der Waals surface area contributed by atoms with Crippen LogP contribution in [-0.2, 0) is 9.84 Å². The van der Waals surface area contributed by atoms with Crippen LogP contribution in [0, 0.1) is 5.92 Å². The molecule has 1 N–H and O–H groups in total. The van der Waals surface area contributed by atoms with Gasteiger partial charge in [-0.3, -0.25) is 0 Å². The van der Waals surface area contributed by atoms with Gasteiger partial charge in [0.2, 0.25) is 0 Å². The summed E-state index contributed by atoms with van der Waals surface area (Å²) in [5.74, 6) is 1.46. The van der Waals surface area contributed by atoms with Crippen LogP contribution in [0.15, 0.2) is 0 Å². The summed E-state index contributed by atoms with van der Waals surface area (Å²) in [6, 6.07) is 0.631. The fraction of sp³-hybridized carbons (Fsp3) is 1.00. The number of nitrogens with one attached hydrogen (secondary N) is 1. The number of sulfone groups is 1. The maximum atomic E-state index is 11.5. The first-order valence-electron chi connectivity index (χ1n) is 8.27. The Morgan fingerprint density at radius 3 is 2.65 bits per heavy atom. The van der Waals surface area contributed by atoms with E-state index in [9.17, 15) is 8.42 Å². The monoisotopic (exact) mass is 302 g/mol. The highest BCUT2D eigenvalue weighted by Crippen LogP contribution is 2.27. The lowest BCUT2D eigenvalue weighted by Gasteiger charge is -2.39. The third-order valence-corrected chi connectivity index (χ3v) is 6.67. The number of hydrogen-bond donors (Lipinski definition) is 1. The van der Waals surface area contributed by atoms with E-state index in [4.69, 9.17) is 0 Å². The lowest BCUT2D eigenvalue weighted by Crippen LogP contribution is -2.54. The molecule has 0 aromatic rings. The first kappa shape index (κ1) is 16.2. The molecule has 0 spiro atoms. The molecule has 0 aromatic carbocycles. The summed E-state index contributed by atoms with van der Waals surface area (Å²) in [6.45, 7) is 5.90. The van der Waals surface area contributed by atoms with E-state index in [1.807, 2.05) is 0 Å². The summed E-state index contributed by atoms with van der Waals surface area (Å²) in [5.41, 5.74) is 0. The highest BCUT2D eigenvalue weighted by Gasteiger charge is 2.27. The predicted octanol–water partition coefficient (Wildman–Crippen LogP) is 1.67. The van der Waals surface area contributed by atoms with Gasteiger partial charge in [-0.2, -0.15) is 0 Å². The molecule has 20 heavy (non-hydrogen) atoms. The molecule has 1 aliphatic heterocycles. The van der Waals surface area contributed by atoms with Crippen LogP contribution in [0.25, 0.3) is 0 Å². The van der Waals surface area contributed by atoms with E-state index < -0.39 is 9.84 Å². The van der Waals surface area contributed by atoms with Crippen LogP contribution in [-0.4, -0.2) is 57.0 Å². The average molecular weight is 302 g/mol. The third-order valence-electron chi connectivity index (χ3n) is 4.88. The van der Waals surface area contributed by atoms with Gasteiger partial charge < -0.3 is 10.2 Å². The van der Waals surface area contributed by atoms with E-state index in [0.29, 0.717) is 11.8 Å². The maximum absolute atomic E-state index is 11.5. The molecule has 0 radical (unpaired) electrons. The molecular weight excluding hydrogens is 272 g/mol. The molecule has 0 amide bonds. The van der Waals surface area contributed by atoms with E-state index in [1.54, 1.807) is 6.92 Å². The zero-order chi connectivity index (χ0) is 14.4. The molecule has 4 nitrogen and oxygen atoms in total. The largest absolute Gasteiger partial charge is 0.311 e. The van der Waals surface area contributed by atoms with Gasteiger partial charge in [0.15, 0.2) is 0 Å². The predicted molar refractivity (Wildman–Crippen MR) is 83.8 cm³/mol. The molecule has 1 unspecified atom stereocenters. The average Bonchev–Trinajstić information content (AvgIpc) is 2.48. The van der Waals surface area contributed by atoms with Crippen LogP contribution in [0.3, 0.4) is 0 Å². The van der Waals surface area contributed by atoms with Crippen LogP contribution >= 0.6 is 0 Å². The second-order valence-electron chi connectivity index (χ2n) is 6.35. The van der Waals surface area contributed by atoms with Gasteiger partial charge in [-0.1, -0.05) is 26.2 Å². The lowest BCUT2D eigenvalue weighted by molar-refractivity contribution is 0.146. The molecule has 5 heteroatoms. The highest BCUT2D eigenvalue weighted by atomic mass is 32.2. The highest BCUT2D eigenvalue weighted by molar-refractivity contribution is 7.91. The van der Waals surface area contributed by atoms with Gasteiger partial charge in [0.25, 0.3) is 0 Å². The Kier molecular flexibility index (Phi) is 6.30. The Morgan fingerprint density at radius 2 is 1.95 bits per heavy atom.